The molecule has 0 aromatic rings. The van der Waals surface area contributed by atoms with E-state index in [0.29, 0.717) is 33.0 Å². The SMILES string of the molecule is CC(=O)OC1CCCC1.CC(=O)OCCCCC[C@@H]1OC(COC(C)=O)[C@@H](C)[C@H](OC(C)=O)C1C.CC(C)=O.CCCOP(C)(C)=O.CCCOP(C)(C)=O.CCOP(C)(C)=O.CCOS(C)=O. The normalized spacial score (nSPS) is 19.1. The number of hydrogen-bond acceptors (Lipinski definition) is 18. The van der Waals surface area contributed by atoms with Crippen LogP contribution in [0.4, 0.5) is 0 Å². The number of rotatable bonds is 20. The van der Waals surface area contributed by atoms with Crippen molar-refractivity contribution in [3.05, 3.63) is 0 Å². The number of esters is 4. The highest BCUT2D eigenvalue weighted by molar-refractivity contribution is 7.79. The second-order valence-corrected chi connectivity index (χ2v) is 26.4. The van der Waals surface area contributed by atoms with Crippen molar-refractivity contribution in [3.63, 3.8) is 0 Å². The average molecular weight is 1060 g/mol. The van der Waals surface area contributed by atoms with Crippen molar-refractivity contribution in [1.82, 2.24) is 0 Å². The van der Waals surface area contributed by atoms with Crippen molar-refractivity contribution in [2.24, 2.45) is 11.8 Å². The van der Waals surface area contributed by atoms with E-state index < -0.39 is 33.2 Å². The Morgan fingerprint density at radius 2 is 1.00 bits per heavy atom. The van der Waals surface area contributed by atoms with Crippen molar-refractivity contribution in [1.29, 1.82) is 0 Å². The molecule has 1 saturated carbocycles. The molecule has 3 unspecified atom stereocenters. The number of ketones is 1. The van der Waals surface area contributed by atoms with Crippen LogP contribution in [-0.4, -0.2) is 144 Å². The lowest BCUT2D eigenvalue weighted by Crippen LogP contribution is -2.52. The van der Waals surface area contributed by atoms with Crippen LogP contribution in [-0.2, 0) is 90.2 Å². The summed E-state index contributed by atoms with van der Waals surface area (Å²) in [6.45, 7) is 32.9. The summed E-state index contributed by atoms with van der Waals surface area (Å²) in [5.41, 5.74) is 0. The van der Waals surface area contributed by atoms with Crippen LogP contribution >= 0.6 is 22.1 Å². The Hall–Kier alpha value is -1.81. The fraction of sp³-hybridized carbons (Fsp3) is 0.891. The zero-order valence-electron chi connectivity index (χ0n) is 45.4. The van der Waals surface area contributed by atoms with Gasteiger partial charge in [-0.25, -0.2) is 4.21 Å². The second kappa shape index (κ2) is 45.1. The molecular formula is C46H95O18P3S. The topological polar surface area (TPSA) is 237 Å². The first-order chi connectivity index (χ1) is 31.2. The summed E-state index contributed by atoms with van der Waals surface area (Å²) in [5.74, 6) is -0.917. The molecule has 1 aliphatic carbocycles. The minimum absolute atomic E-state index is 0.0518. The zero-order valence-corrected chi connectivity index (χ0v) is 48.9. The summed E-state index contributed by atoms with van der Waals surface area (Å²) in [6.07, 6.45) is 11.0. The monoisotopic (exact) mass is 1060 g/mol. The summed E-state index contributed by atoms with van der Waals surface area (Å²) in [4.78, 5) is 53.2. The number of carbonyl (C=O) groups excluding carboxylic acids is 5. The number of carbonyl (C=O) groups is 5. The van der Waals surface area contributed by atoms with Gasteiger partial charge in [-0.05, 0) is 85.5 Å². The third kappa shape index (κ3) is 62.2. The van der Waals surface area contributed by atoms with E-state index >= 15 is 0 Å². The zero-order chi connectivity index (χ0) is 54.1. The molecule has 408 valence electrons. The van der Waals surface area contributed by atoms with Crippen molar-refractivity contribution in [2.45, 2.75) is 172 Å². The smallest absolute Gasteiger partial charge is 0.302 e. The molecule has 2 rings (SSSR count). The number of Topliss-reactive ketones (excluding diaryl/α,β-unsaturated/α-hetero) is 1. The van der Waals surface area contributed by atoms with Crippen LogP contribution in [0.5, 0.6) is 0 Å². The minimum Gasteiger partial charge on any atom is -0.466 e. The predicted octanol–water partition coefficient (Wildman–Crippen LogP) is 10.5. The summed E-state index contributed by atoms with van der Waals surface area (Å²) in [6, 6.07) is 0. The quantitative estimate of drug-likeness (QED) is 0.0477. The van der Waals surface area contributed by atoms with Crippen LogP contribution in [0.1, 0.15) is 147 Å². The van der Waals surface area contributed by atoms with E-state index in [1.807, 2.05) is 34.6 Å². The maximum atomic E-state index is 11.5. The van der Waals surface area contributed by atoms with Gasteiger partial charge in [0, 0.05) is 85.8 Å². The maximum Gasteiger partial charge on any atom is 0.302 e. The first-order valence-corrected chi connectivity index (χ1v) is 32.5. The summed E-state index contributed by atoms with van der Waals surface area (Å²) >= 11 is -1.07. The highest BCUT2D eigenvalue weighted by Gasteiger charge is 2.43. The molecule has 0 amide bonds. The van der Waals surface area contributed by atoms with Gasteiger partial charge >= 0.3 is 23.9 Å². The highest BCUT2D eigenvalue weighted by atomic mass is 32.2. The van der Waals surface area contributed by atoms with Crippen LogP contribution in [0.15, 0.2) is 0 Å². The van der Waals surface area contributed by atoms with Gasteiger partial charge in [0.05, 0.1) is 45.2 Å². The van der Waals surface area contributed by atoms with E-state index in [1.165, 1.54) is 60.6 Å². The molecule has 1 heterocycles. The van der Waals surface area contributed by atoms with Gasteiger partial charge in [-0.3, -0.25) is 37.1 Å². The second-order valence-electron chi connectivity index (χ2n) is 17.1. The van der Waals surface area contributed by atoms with Crippen LogP contribution in [0.25, 0.3) is 0 Å². The lowest BCUT2D eigenvalue weighted by molar-refractivity contribution is -0.201. The third-order valence-electron chi connectivity index (χ3n) is 8.32. The van der Waals surface area contributed by atoms with Gasteiger partial charge in [-0.15, -0.1) is 0 Å². The van der Waals surface area contributed by atoms with Crippen molar-refractivity contribution in [2.75, 3.05) is 85.9 Å². The molecule has 1 aliphatic heterocycles. The van der Waals surface area contributed by atoms with Gasteiger partial charge in [-0.2, -0.15) is 0 Å². The molecule has 0 N–H and O–H groups in total. The Morgan fingerprint density at radius 3 is 1.29 bits per heavy atom. The first-order valence-electron chi connectivity index (χ1n) is 23.5. The fourth-order valence-corrected chi connectivity index (χ4v) is 7.88. The first kappa shape index (κ1) is 75.1. The number of unbranched alkanes of at least 4 members (excludes halogenated alkanes) is 2. The Kier molecular flexibility index (Phi) is 49.8. The number of hydrogen-bond donors (Lipinski definition) is 0. The molecule has 0 spiro atoms. The Labute approximate surface area is 414 Å². The van der Waals surface area contributed by atoms with Crippen LogP contribution in [0.2, 0.25) is 0 Å². The fourth-order valence-electron chi connectivity index (χ4n) is 5.68. The molecule has 1 saturated heterocycles. The standard InChI is InChI=1S/C19H32O7.C7H12O2.2C5H13O2P.C4H11O2P.C3H8O2S.C3H6O/c1-12-17(9-7-6-8-10-23-14(3)20)26-18(11-24-15(4)21)13(2)19(12)25-16(5)22;1-6(8)9-7-4-2-3-5-7;2*1-4-5-7-8(2,3)6;1-4-6-7(2,3)5;1-3-5-6(2)4;1-3(2)4/h12-13,17-19H,6-11H2,1-5H3;7H,2-5H2,1H3;2*4-5H2,1-3H3;4H2,1-3H3;3H2,1-2H3;1-2H3/t12?,13-,17+,18?,19-;;;;;;/m1....../s1. The van der Waals surface area contributed by atoms with Gasteiger partial charge in [0.25, 0.3) is 0 Å². The molecule has 0 radical (unpaired) electrons. The summed E-state index contributed by atoms with van der Waals surface area (Å²) < 4.78 is 87.9. The Balaban J connectivity index is -0.000000258. The van der Waals surface area contributed by atoms with E-state index in [0.717, 1.165) is 51.4 Å². The van der Waals surface area contributed by atoms with Gasteiger partial charge in [0.2, 0.25) is 0 Å². The lowest BCUT2D eigenvalue weighted by Gasteiger charge is -2.44. The van der Waals surface area contributed by atoms with E-state index in [2.05, 4.69) is 4.18 Å². The predicted molar refractivity (Wildman–Crippen MR) is 273 cm³/mol. The molecule has 0 bridgehead atoms. The van der Waals surface area contributed by atoms with E-state index in [1.54, 1.807) is 46.9 Å². The molecule has 68 heavy (non-hydrogen) atoms. The molecule has 0 aromatic heterocycles. The van der Waals surface area contributed by atoms with Gasteiger partial charge in [0.1, 0.15) is 24.6 Å². The van der Waals surface area contributed by atoms with Gasteiger partial charge < -0.3 is 42.1 Å². The van der Waals surface area contributed by atoms with Crippen LogP contribution < -0.4 is 0 Å². The molecule has 2 aliphatic rings. The Morgan fingerprint density at radius 1 is 0.574 bits per heavy atom. The lowest BCUT2D eigenvalue weighted by atomic mass is 9.81. The molecule has 6 atom stereocenters. The minimum atomic E-state index is -2.18. The Bertz CT molecular complexity index is 1460. The molecule has 2 fully saturated rings. The van der Waals surface area contributed by atoms with Crippen LogP contribution in [0, 0.1) is 11.8 Å². The van der Waals surface area contributed by atoms with E-state index in [9.17, 15) is 41.9 Å². The van der Waals surface area contributed by atoms with E-state index in [-0.39, 0.29) is 72.5 Å². The van der Waals surface area contributed by atoms with Crippen LogP contribution in [0.3, 0.4) is 0 Å². The molecule has 22 heteroatoms. The van der Waals surface area contributed by atoms with Crippen molar-refractivity contribution < 1.29 is 83.3 Å². The van der Waals surface area contributed by atoms with Gasteiger partial charge in [-0.1, -0.05) is 34.1 Å². The summed E-state index contributed by atoms with van der Waals surface area (Å²) in [7, 11) is -6.53. The molecular weight excluding hydrogens is 965 g/mol. The highest BCUT2D eigenvalue weighted by Crippen LogP contribution is 2.38. The number of ether oxygens (including phenoxy) is 5. The van der Waals surface area contributed by atoms with E-state index in [4.69, 9.17) is 37.3 Å². The van der Waals surface area contributed by atoms with Crippen molar-refractivity contribution in [3.8, 4) is 0 Å². The largest absolute Gasteiger partial charge is 0.466 e. The summed E-state index contributed by atoms with van der Waals surface area (Å²) in [5, 5.41) is 0. The van der Waals surface area contributed by atoms with Crippen molar-refractivity contribution >= 4 is 62.8 Å². The average Bonchev–Trinajstić information content (AvgIpc) is 3.69. The van der Waals surface area contributed by atoms with Gasteiger partial charge in [0.15, 0.2) is 33.2 Å². The third-order valence-corrected chi connectivity index (χ3v) is 11.4. The maximum absolute atomic E-state index is 11.5. The molecule has 0 aromatic carbocycles. The molecule has 18 nitrogen and oxygen atoms in total.